The van der Waals surface area contributed by atoms with Crippen LogP contribution in [0.3, 0.4) is 0 Å². The summed E-state index contributed by atoms with van der Waals surface area (Å²) in [7, 11) is 0. The molecule has 1 N–H and O–H groups in total. The fourth-order valence-electron chi connectivity index (χ4n) is 6.68. The fourth-order valence-corrected chi connectivity index (χ4v) is 6.68. The molecule has 0 aliphatic carbocycles. The fraction of sp³-hybridized carbons (Fsp3) is 0.478. The van der Waals surface area contributed by atoms with Gasteiger partial charge in [0.1, 0.15) is 17.1 Å². The predicted molar refractivity (Wildman–Crippen MR) is 213 cm³/mol. The normalized spacial score (nSPS) is 12.7. The number of ketones is 1. The summed E-state index contributed by atoms with van der Waals surface area (Å²) in [6, 6.07) is 21.1. The van der Waals surface area contributed by atoms with Crippen molar-refractivity contribution >= 4 is 38.4 Å². The van der Waals surface area contributed by atoms with Gasteiger partial charge in [0.15, 0.2) is 5.78 Å². The Bertz CT molecular complexity index is 2020. The van der Waals surface area contributed by atoms with E-state index in [0.717, 1.165) is 76.4 Å². The van der Waals surface area contributed by atoms with Crippen LogP contribution in [-0.2, 0) is 36.7 Å². The first-order valence-electron chi connectivity index (χ1n) is 18.7. The minimum Gasteiger partial charge on any atom is -0.512 e. The molecule has 0 spiro atoms. The number of pyridine rings is 1. The molecule has 0 bridgehead atoms. The van der Waals surface area contributed by atoms with Gasteiger partial charge in [-0.05, 0) is 74.1 Å². The van der Waals surface area contributed by atoms with Gasteiger partial charge in [0, 0.05) is 59.9 Å². The van der Waals surface area contributed by atoms with Crippen LogP contribution in [0, 0.1) is 36.7 Å². The number of hydrogen-bond donors (Lipinski definition) is 1. The first-order valence-corrected chi connectivity index (χ1v) is 18.7. The number of carbonyl (C=O) groups excluding carboxylic acids is 1. The van der Waals surface area contributed by atoms with Crippen LogP contribution in [-0.4, -0.2) is 15.9 Å². The van der Waals surface area contributed by atoms with Crippen molar-refractivity contribution in [2.45, 2.75) is 128 Å². The Balaban J connectivity index is 0.000000335. The Kier molecular flexibility index (Phi) is 13.7. The van der Waals surface area contributed by atoms with Crippen LogP contribution in [0.25, 0.3) is 43.9 Å². The van der Waals surface area contributed by atoms with Crippen LogP contribution in [0.4, 0.5) is 0 Å². The van der Waals surface area contributed by atoms with E-state index in [0.29, 0.717) is 5.92 Å². The molecule has 5 rings (SSSR count). The van der Waals surface area contributed by atoms with Gasteiger partial charge in [0.2, 0.25) is 0 Å². The summed E-state index contributed by atoms with van der Waals surface area (Å²) in [4.78, 5) is 17.4. The molecule has 0 aliphatic rings. The van der Waals surface area contributed by atoms with Gasteiger partial charge < -0.3 is 9.52 Å². The van der Waals surface area contributed by atoms with Gasteiger partial charge >= 0.3 is 0 Å². The van der Waals surface area contributed by atoms with Crippen LogP contribution in [0.1, 0.15) is 124 Å². The number of furan rings is 1. The van der Waals surface area contributed by atoms with Crippen LogP contribution in [0.5, 0.6) is 0 Å². The first-order chi connectivity index (χ1) is 23.4. The molecule has 1 radical (unpaired) electrons. The first kappa shape index (κ1) is 42.1. The number of aryl methyl sites for hydroxylation is 2. The quantitative estimate of drug-likeness (QED) is 0.0863. The van der Waals surface area contributed by atoms with E-state index in [2.05, 4.69) is 103 Å². The summed E-state index contributed by atoms with van der Waals surface area (Å²) < 4.78 is 6.51. The number of hydrogen-bond acceptors (Lipinski definition) is 4. The number of benzene rings is 3. The second kappa shape index (κ2) is 16.6. The number of aliphatic hydroxyl groups excluding tert-OH is 1. The van der Waals surface area contributed by atoms with Crippen molar-refractivity contribution in [2.75, 3.05) is 0 Å². The summed E-state index contributed by atoms with van der Waals surface area (Å²) in [5, 5.41) is 14.7. The molecule has 0 atom stereocenters. The van der Waals surface area contributed by atoms with E-state index in [1.807, 2.05) is 41.5 Å². The van der Waals surface area contributed by atoms with Gasteiger partial charge in [-0.15, -0.1) is 29.1 Å². The number of fused-ring (bicyclic) bond motifs is 4. The van der Waals surface area contributed by atoms with Crippen LogP contribution in [0.2, 0.25) is 0 Å². The van der Waals surface area contributed by atoms with Crippen LogP contribution >= 0.6 is 0 Å². The molecule has 5 aromatic rings. The number of aliphatic hydroxyl groups is 1. The molecule has 277 valence electrons. The molecule has 51 heavy (non-hydrogen) atoms. The summed E-state index contributed by atoms with van der Waals surface area (Å²) >= 11 is 0. The Hall–Kier alpha value is -3.27. The van der Waals surface area contributed by atoms with Gasteiger partial charge in [-0.2, -0.15) is 0 Å². The average Bonchev–Trinajstić information content (AvgIpc) is 3.48. The molecule has 5 heteroatoms. The predicted octanol–water partition coefficient (Wildman–Crippen LogP) is 13.4. The van der Waals surface area contributed by atoms with E-state index >= 15 is 0 Å². The molecule has 0 saturated carbocycles. The maximum atomic E-state index is 12.2. The third-order valence-corrected chi connectivity index (χ3v) is 11.0. The Morgan fingerprint density at radius 1 is 0.882 bits per heavy atom. The number of nitrogens with zero attached hydrogens (tertiary/aromatic N) is 1. The zero-order valence-corrected chi connectivity index (χ0v) is 35.7. The van der Waals surface area contributed by atoms with E-state index < -0.39 is 0 Å². The molecular weight excluding hydrogens is 807 g/mol. The van der Waals surface area contributed by atoms with E-state index in [4.69, 9.17) is 9.40 Å². The molecule has 2 heterocycles. The zero-order chi connectivity index (χ0) is 37.2. The van der Waals surface area contributed by atoms with E-state index in [9.17, 15) is 9.90 Å². The third kappa shape index (κ3) is 9.03. The summed E-state index contributed by atoms with van der Waals surface area (Å²) in [5.41, 5.74) is 7.05. The molecule has 0 fully saturated rings. The van der Waals surface area contributed by atoms with Crippen LogP contribution < -0.4 is 0 Å². The largest absolute Gasteiger partial charge is 0.512 e. The van der Waals surface area contributed by atoms with Crippen molar-refractivity contribution in [3.8, 4) is 11.3 Å². The molecule has 4 nitrogen and oxygen atoms in total. The van der Waals surface area contributed by atoms with Crippen LogP contribution in [0.15, 0.2) is 64.8 Å². The van der Waals surface area contributed by atoms with Gasteiger partial charge in [-0.3, -0.25) is 9.78 Å². The zero-order valence-electron chi connectivity index (χ0n) is 33.4. The second-order valence-corrected chi connectivity index (χ2v) is 16.3. The SMILES string of the molecule is CCC(C)(CC)C(=O)/C=C(\O)C(C)(CC)CC.Cc1cc(C)c2c(c1)nc(-c1[c-]c3ccccc3c(C(C)(C)C)c1)c1cc(CC(C)C)oc12.[Ir]. The van der Waals surface area contributed by atoms with Gasteiger partial charge in [-0.25, -0.2) is 0 Å². The third-order valence-electron chi connectivity index (χ3n) is 11.0. The molecule has 0 aliphatic heterocycles. The molecule has 0 unspecified atom stereocenters. The van der Waals surface area contributed by atoms with Gasteiger partial charge in [0.25, 0.3) is 0 Å². The molecule has 0 amide bonds. The second-order valence-electron chi connectivity index (χ2n) is 16.3. The van der Waals surface area contributed by atoms with Crippen molar-refractivity contribution in [2.24, 2.45) is 16.7 Å². The van der Waals surface area contributed by atoms with Crippen molar-refractivity contribution in [3.05, 3.63) is 88.9 Å². The monoisotopic (exact) mass is 867 g/mol. The number of allylic oxidation sites excluding steroid dienone is 2. The maximum Gasteiger partial charge on any atom is 0.164 e. The smallest absolute Gasteiger partial charge is 0.164 e. The van der Waals surface area contributed by atoms with E-state index in [-0.39, 0.29) is 47.9 Å². The molecular formula is C46H60IrNO3-. The van der Waals surface area contributed by atoms with E-state index in [1.54, 1.807) is 0 Å². The average molecular weight is 867 g/mol. The minimum atomic E-state index is -0.337. The Morgan fingerprint density at radius 3 is 2.06 bits per heavy atom. The molecule has 2 aromatic heterocycles. The summed E-state index contributed by atoms with van der Waals surface area (Å²) in [6.07, 6.45) is 5.67. The van der Waals surface area contributed by atoms with Crippen molar-refractivity contribution in [3.63, 3.8) is 0 Å². The Morgan fingerprint density at radius 2 is 1.49 bits per heavy atom. The van der Waals surface area contributed by atoms with Gasteiger partial charge in [-0.1, -0.05) is 111 Å². The summed E-state index contributed by atoms with van der Waals surface area (Å²) in [5.74, 6) is 1.83. The topological polar surface area (TPSA) is 63.3 Å². The number of aromatic nitrogens is 1. The minimum absolute atomic E-state index is 0. The molecule has 0 saturated heterocycles. The molecule has 3 aromatic carbocycles. The van der Waals surface area contributed by atoms with E-state index in [1.165, 1.54) is 28.2 Å². The maximum absolute atomic E-state index is 12.2. The van der Waals surface area contributed by atoms with Crippen molar-refractivity contribution in [1.29, 1.82) is 0 Å². The number of rotatable bonds is 10. The summed E-state index contributed by atoms with van der Waals surface area (Å²) in [6.45, 7) is 27.6. The van der Waals surface area contributed by atoms with Crippen molar-refractivity contribution in [1.82, 2.24) is 4.98 Å². The van der Waals surface area contributed by atoms with Gasteiger partial charge in [0.05, 0.1) is 5.52 Å². The number of carbonyl (C=O) groups is 1. The Labute approximate surface area is 320 Å². The van der Waals surface area contributed by atoms with Crippen molar-refractivity contribution < 1.29 is 34.4 Å². The standard InChI is InChI=1S/C31H32NO.C15H28O2.Ir/c1-18(2)12-23-17-25-29(32-27-14-19(3)13-20(4)28(27)30(25)33-23)22-15-21-10-8-9-11-24(21)26(16-22)31(5,6)7;1-7-14(5,8-2)12(16)11-13(17)15(6,9-3)10-4;/h8-11,13-14,16-18H,12H2,1-7H3;11,16H,7-10H2,1-6H3;/q-1;;/b;12-11-;.